The van der Waals surface area contributed by atoms with Crippen LogP contribution in [-0.4, -0.2) is 11.0 Å². The van der Waals surface area contributed by atoms with Crippen LogP contribution in [0.2, 0.25) is 0 Å². The standard InChI is InChI=1S/C21H18FNO2/c1-14-10-15(2)12-17(11-14)21(24)25-20(19-8-3-4-9-23-19)16-6-5-7-18(22)13-16/h3-13,20H,1-2H3. The van der Waals surface area contributed by atoms with Gasteiger partial charge < -0.3 is 4.74 Å². The minimum atomic E-state index is -0.773. The van der Waals surface area contributed by atoms with E-state index in [2.05, 4.69) is 4.98 Å². The van der Waals surface area contributed by atoms with E-state index in [1.807, 2.05) is 19.9 Å². The van der Waals surface area contributed by atoms with Crippen molar-refractivity contribution < 1.29 is 13.9 Å². The molecule has 1 heterocycles. The number of hydrogen-bond donors (Lipinski definition) is 0. The molecule has 3 nitrogen and oxygen atoms in total. The molecule has 0 saturated heterocycles. The van der Waals surface area contributed by atoms with Crippen LogP contribution in [0.1, 0.15) is 38.8 Å². The van der Waals surface area contributed by atoms with Crippen molar-refractivity contribution in [3.8, 4) is 0 Å². The smallest absolute Gasteiger partial charge is 0.339 e. The average molecular weight is 335 g/mol. The third-order valence-electron chi connectivity index (χ3n) is 3.79. The van der Waals surface area contributed by atoms with Gasteiger partial charge in [-0.3, -0.25) is 4.98 Å². The number of ether oxygens (including phenoxy) is 1. The number of aryl methyl sites for hydroxylation is 2. The third-order valence-corrected chi connectivity index (χ3v) is 3.79. The molecule has 0 saturated carbocycles. The van der Waals surface area contributed by atoms with Gasteiger partial charge in [-0.25, -0.2) is 9.18 Å². The van der Waals surface area contributed by atoms with Crippen molar-refractivity contribution >= 4 is 5.97 Å². The molecule has 0 aliphatic rings. The minimum Gasteiger partial charge on any atom is -0.447 e. The van der Waals surface area contributed by atoms with E-state index >= 15 is 0 Å². The molecule has 4 heteroatoms. The number of aromatic nitrogens is 1. The zero-order valence-electron chi connectivity index (χ0n) is 14.1. The summed E-state index contributed by atoms with van der Waals surface area (Å²) >= 11 is 0. The van der Waals surface area contributed by atoms with Crippen LogP contribution in [-0.2, 0) is 4.74 Å². The molecule has 2 aromatic carbocycles. The first kappa shape index (κ1) is 16.8. The summed E-state index contributed by atoms with van der Waals surface area (Å²) < 4.78 is 19.4. The lowest BCUT2D eigenvalue weighted by Gasteiger charge is -2.18. The number of esters is 1. The third kappa shape index (κ3) is 4.10. The van der Waals surface area contributed by atoms with Crippen molar-refractivity contribution in [2.45, 2.75) is 20.0 Å². The van der Waals surface area contributed by atoms with Gasteiger partial charge in [-0.15, -0.1) is 0 Å². The molecule has 1 unspecified atom stereocenters. The van der Waals surface area contributed by atoms with E-state index in [0.717, 1.165) is 11.1 Å². The fraction of sp³-hybridized carbons (Fsp3) is 0.143. The maximum atomic E-state index is 13.6. The maximum absolute atomic E-state index is 13.6. The molecule has 0 radical (unpaired) electrons. The summed E-state index contributed by atoms with van der Waals surface area (Å²) in [6, 6.07) is 16.9. The van der Waals surface area contributed by atoms with Crippen LogP contribution in [0.5, 0.6) is 0 Å². The highest BCUT2D eigenvalue weighted by atomic mass is 19.1. The van der Waals surface area contributed by atoms with Crippen molar-refractivity contribution in [3.63, 3.8) is 0 Å². The Morgan fingerprint density at radius 2 is 1.76 bits per heavy atom. The van der Waals surface area contributed by atoms with Crippen LogP contribution < -0.4 is 0 Å². The van der Waals surface area contributed by atoms with Crippen molar-refractivity contribution in [2.75, 3.05) is 0 Å². The summed E-state index contributed by atoms with van der Waals surface area (Å²) in [4.78, 5) is 16.9. The molecule has 3 rings (SSSR count). The van der Waals surface area contributed by atoms with Gasteiger partial charge in [0, 0.05) is 11.8 Å². The van der Waals surface area contributed by atoms with E-state index in [1.165, 1.54) is 12.1 Å². The number of benzene rings is 2. The summed E-state index contributed by atoms with van der Waals surface area (Å²) in [5, 5.41) is 0. The molecule has 0 fully saturated rings. The number of hydrogen-bond acceptors (Lipinski definition) is 3. The molecule has 0 aliphatic heterocycles. The first-order chi connectivity index (χ1) is 12.0. The second-order valence-corrected chi connectivity index (χ2v) is 5.97. The fourth-order valence-corrected chi connectivity index (χ4v) is 2.77. The highest BCUT2D eigenvalue weighted by Crippen LogP contribution is 2.26. The van der Waals surface area contributed by atoms with Crippen LogP contribution in [0.4, 0.5) is 4.39 Å². The summed E-state index contributed by atoms with van der Waals surface area (Å²) in [5.41, 5.74) is 3.51. The number of halogens is 1. The number of rotatable bonds is 4. The lowest BCUT2D eigenvalue weighted by Crippen LogP contribution is -2.14. The molecule has 3 aromatic rings. The van der Waals surface area contributed by atoms with Crippen LogP contribution in [0.15, 0.2) is 66.9 Å². The van der Waals surface area contributed by atoms with Crippen LogP contribution in [0, 0.1) is 19.7 Å². The minimum absolute atomic E-state index is 0.388. The predicted molar refractivity (Wildman–Crippen MR) is 93.8 cm³/mol. The van der Waals surface area contributed by atoms with Gasteiger partial charge in [-0.2, -0.15) is 0 Å². The van der Waals surface area contributed by atoms with Crippen LogP contribution >= 0.6 is 0 Å². The molecular formula is C21H18FNO2. The summed E-state index contributed by atoms with van der Waals surface area (Å²) in [6.07, 6.45) is 0.844. The number of nitrogens with zero attached hydrogens (tertiary/aromatic N) is 1. The topological polar surface area (TPSA) is 39.2 Å². The van der Waals surface area contributed by atoms with E-state index in [4.69, 9.17) is 4.74 Å². The highest BCUT2D eigenvalue weighted by Gasteiger charge is 2.22. The summed E-state index contributed by atoms with van der Waals surface area (Å²) in [5.74, 6) is -0.854. The van der Waals surface area contributed by atoms with Gasteiger partial charge in [0.1, 0.15) is 5.82 Å². The van der Waals surface area contributed by atoms with Crippen molar-refractivity contribution in [1.29, 1.82) is 0 Å². The van der Waals surface area contributed by atoms with Crippen LogP contribution in [0.25, 0.3) is 0 Å². The maximum Gasteiger partial charge on any atom is 0.339 e. The Hall–Kier alpha value is -3.01. The molecule has 1 atom stereocenters. The van der Waals surface area contributed by atoms with Gasteiger partial charge in [-0.1, -0.05) is 35.4 Å². The monoisotopic (exact) mass is 335 g/mol. The van der Waals surface area contributed by atoms with Gasteiger partial charge in [0.25, 0.3) is 0 Å². The normalized spacial score (nSPS) is 11.8. The zero-order chi connectivity index (χ0) is 17.8. The first-order valence-corrected chi connectivity index (χ1v) is 7.98. The second-order valence-electron chi connectivity index (χ2n) is 5.97. The lowest BCUT2D eigenvalue weighted by molar-refractivity contribution is 0.0370. The lowest BCUT2D eigenvalue weighted by atomic mass is 10.0. The summed E-state index contributed by atoms with van der Waals surface area (Å²) in [6.45, 7) is 3.85. The largest absolute Gasteiger partial charge is 0.447 e. The Balaban J connectivity index is 1.96. The van der Waals surface area contributed by atoms with E-state index < -0.39 is 12.1 Å². The van der Waals surface area contributed by atoms with Gasteiger partial charge in [0.05, 0.1) is 11.3 Å². The predicted octanol–water partition coefficient (Wildman–Crippen LogP) is 4.78. The average Bonchev–Trinajstić information content (AvgIpc) is 2.59. The fourth-order valence-electron chi connectivity index (χ4n) is 2.77. The quantitative estimate of drug-likeness (QED) is 0.644. The Labute approximate surface area is 146 Å². The van der Waals surface area contributed by atoms with Crippen molar-refractivity contribution in [2.24, 2.45) is 0 Å². The van der Waals surface area contributed by atoms with Gasteiger partial charge in [-0.05, 0) is 50.2 Å². The van der Waals surface area contributed by atoms with Gasteiger partial charge >= 0.3 is 5.97 Å². The number of carbonyl (C=O) groups excluding carboxylic acids is 1. The van der Waals surface area contributed by atoms with Crippen LogP contribution in [0.3, 0.4) is 0 Å². The molecule has 25 heavy (non-hydrogen) atoms. The zero-order valence-corrected chi connectivity index (χ0v) is 14.1. The van der Waals surface area contributed by atoms with E-state index in [-0.39, 0.29) is 5.82 Å². The SMILES string of the molecule is Cc1cc(C)cc(C(=O)OC(c2cccc(F)c2)c2ccccn2)c1. The van der Waals surface area contributed by atoms with Gasteiger partial charge in [0.2, 0.25) is 0 Å². The van der Waals surface area contributed by atoms with E-state index in [1.54, 1.807) is 48.7 Å². The number of carbonyl (C=O) groups is 1. The van der Waals surface area contributed by atoms with Crippen molar-refractivity contribution in [3.05, 3.63) is 101 Å². The van der Waals surface area contributed by atoms with E-state index in [9.17, 15) is 9.18 Å². The van der Waals surface area contributed by atoms with Gasteiger partial charge in [0.15, 0.2) is 6.10 Å². The number of pyridine rings is 1. The van der Waals surface area contributed by atoms with E-state index in [0.29, 0.717) is 16.8 Å². The molecule has 0 N–H and O–H groups in total. The molecule has 1 aromatic heterocycles. The molecule has 0 amide bonds. The molecule has 0 spiro atoms. The first-order valence-electron chi connectivity index (χ1n) is 7.98. The highest BCUT2D eigenvalue weighted by molar-refractivity contribution is 5.90. The Bertz CT molecular complexity index is 873. The molecule has 0 aliphatic carbocycles. The summed E-state index contributed by atoms with van der Waals surface area (Å²) in [7, 11) is 0. The molecule has 0 bridgehead atoms. The second kappa shape index (κ2) is 7.26. The Kier molecular flexibility index (Phi) is 4.89. The molecular weight excluding hydrogens is 317 g/mol. The molecule has 126 valence electrons. The Morgan fingerprint density at radius 1 is 1.00 bits per heavy atom. The Morgan fingerprint density at radius 3 is 2.40 bits per heavy atom. The van der Waals surface area contributed by atoms with Crippen molar-refractivity contribution in [1.82, 2.24) is 4.98 Å².